The Morgan fingerprint density at radius 2 is 1.68 bits per heavy atom. The average molecular weight is 552 g/mol. The summed E-state index contributed by atoms with van der Waals surface area (Å²) in [5.74, 6) is -1.51. The van der Waals surface area contributed by atoms with Gasteiger partial charge >= 0.3 is 6.09 Å². The molecule has 10 heteroatoms. The zero-order valence-corrected chi connectivity index (χ0v) is 23.4. The molecule has 40 heavy (non-hydrogen) atoms. The van der Waals surface area contributed by atoms with E-state index in [9.17, 15) is 23.6 Å². The highest BCUT2D eigenvalue weighted by atomic mass is 19.1. The molecular formula is C30H34FN3O6. The number of amides is 2. The van der Waals surface area contributed by atoms with E-state index < -0.39 is 23.9 Å². The van der Waals surface area contributed by atoms with Crippen molar-refractivity contribution in [2.24, 2.45) is 5.92 Å². The summed E-state index contributed by atoms with van der Waals surface area (Å²) in [5, 5.41) is 0.274. The molecule has 1 fully saturated rings. The molecule has 0 radical (unpaired) electrons. The number of aromatic nitrogens is 1. The smallest absolute Gasteiger partial charge is 0.418 e. The fourth-order valence-corrected chi connectivity index (χ4v) is 4.96. The second-order valence-electron chi connectivity index (χ2n) is 10.5. The fraction of sp³-hybridized carbons (Fsp3) is 0.400. The van der Waals surface area contributed by atoms with Crippen molar-refractivity contribution >= 4 is 34.6 Å². The number of Topliss-reactive ketones (excluding diaryl/α,β-unsaturated/α-hetero) is 1. The predicted octanol–water partition coefficient (Wildman–Crippen LogP) is 4.55. The lowest BCUT2D eigenvalue weighted by atomic mass is 9.90. The third kappa shape index (κ3) is 6.00. The van der Waals surface area contributed by atoms with Crippen molar-refractivity contribution in [3.63, 3.8) is 0 Å². The SMILES string of the molecule is COc1cc2c(cc1C(=O)N1CCC(Cc3ccc(F)cc3)CC1)c(C(=O)C(=O)N(C)C)cn2C(=O)OC(C)C. The average Bonchev–Trinajstić information content (AvgIpc) is 3.31. The quantitative estimate of drug-likeness (QED) is 0.316. The largest absolute Gasteiger partial charge is 0.496 e. The van der Waals surface area contributed by atoms with Gasteiger partial charge in [0.2, 0.25) is 0 Å². The van der Waals surface area contributed by atoms with E-state index in [1.54, 1.807) is 30.9 Å². The van der Waals surface area contributed by atoms with E-state index in [0.717, 1.165) is 34.3 Å². The van der Waals surface area contributed by atoms with E-state index in [-0.39, 0.29) is 39.5 Å². The molecule has 3 aromatic rings. The molecule has 4 rings (SSSR count). The van der Waals surface area contributed by atoms with Crippen LogP contribution in [0.15, 0.2) is 42.6 Å². The molecule has 2 amide bonds. The van der Waals surface area contributed by atoms with E-state index >= 15 is 0 Å². The van der Waals surface area contributed by atoms with Crippen LogP contribution < -0.4 is 4.74 Å². The Morgan fingerprint density at radius 1 is 1.02 bits per heavy atom. The first-order valence-electron chi connectivity index (χ1n) is 13.2. The van der Waals surface area contributed by atoms with Crippen LogP contribution in [0.3, 0.4) is 0 Å². The number of benzene rings is 2. The van der Waals surface area contributed by atoms with Crippen LogP contribution >= 0.6 is 0 Å². The van der Waals surface area contributed by atoms with Crippen LogP contribution in [0.4, 0.5) is 9.18 Å². The van der Waals surface area contributed by atoms with Gasteiger partial charge in [-0.25, -0.2) is 9.18 Å². The molecule has 2 aromatic carbocycles. The highest BCUT2D eigenvalue weighted by Gasteiger charge is 2.30. The predicted molar refractivity (Wildman–Crippen MR) is 147 cm³/mol. The Hall–Kier alpha value is -4.21. The Labute approximate surface area is 232 Å². The van der Waals surface area contributed by atoms with Gasteiger partial charge in [0.15, 0.2) is 0 Å². The zero-order chi connectivity index (χ0) is 29.1. The number of piperidine rings is 1. The van der Waals surface area contributed by atoms with Gasteiger partial charge in [0.05, 0.1) is 29.9 Å². The number of methoxy groups -OCH3 is 1. The maximum Gasteiger partial charge on any atom is 0.418 e. The van der Waals surface area contributed by atoms with Crippen LogP contribution in [-0.2, 0) is 16.0 Å². The van der Waals surface area contributed by atoms with Crippen molar-refractivity contribution in [3.8, 4) is 5.75 Å². The fourth-order valence-electron chi connectivity index (χ4n) is 4.96. The highest BCUT2D eigenvalue weighted by Crippen LogP contribution is 2.33. The number of fused-ring (bicyclic) bond motifs is 1. The monoisotopic (exact) mass is 551 g/mol. The van der Waals surface area contributed by atoms with Crippen molar-refractivity contribution in [2.75, 3.05) is 34.3 Å². The number of likely N-dealkylation sites (tertiary alicyclic amines) is 1. The molecule has 9 nitrogen and oxygen atoms in total. The number of likely N-dealkylation sites (N-methyl/N-ethyl adjacent to an activating group) is 1. The van der Waals surface area contributed by atoms with E-state index in [2.05, 4.69) is 0 Å². The summed E-state index contributed by atoms with van der Waals surface area (Å²) in [4.78, 5) is 55.1. The first-order chi connectivity index (χ1) is 19.0. The number of hydrogen-bond donors (Lipinski definition) is 0. The van der Waals surface area contributed by atoms with Gasteiger partial charge in [0, 0.05) is 44.8 Å². The lowest BCUT2D eigenvalue weighted by molar-refractivity contribution is -0.124. The summed E-state index contributed by atoms with van der Waals surface area (Å²) in [7, 11) is 4.35. The third-order valence-corrected chi connectivity index (χ3v) is 7.07. The molecule has 212 valence electrons. The molecule has 1 saturated heterocycles. The molecule has 1 aromatic heterocycles. The van der Waals surface area contributed by atoms with Crippen molar-refractivity contribution in [1.82, 2.24) is 14.4 Å². The second kappa shape index (κ2) is 11.9. The van der Waals surface area contributed by atoms with Gasteiger partial charge < -0.3 is 19.3 Å². The van der Waals surface area contributed by atoms with Crippen LogP contribution in [0.2, 0.25) is 0 Å². The minimum atomic E-state index is -0.809. The van der Waals surface area contributed by atoms with Gasteiger partial charge in [0.25, 0.3) is 17.6 Å². The van der Waals surface area contributed by atoms with E-state index in [1.165, 1.54) is 51.7 Å². The van der Waals surface area contributed by atoms with E-state index in [1.807, 2.05) is 0 Å². The summed E-state index contributed by atoms with van der Waals surface area (Å²) in [6, 6.07) is 9.51. The Morgan fingerprint density at radius 3 is 2.25 bits per heavy atom. The molecule has 1 aliphatic rings. The van der Waals surface area contributed by atoms with Crippen molar-refractivity contribution in [2.45, 2.75) is 39.2 Å². The van der Waals surface area contributed by atoms with Gasteiger partial charge in [-0.3, -0.25) is 19.0 Å². The van der Waals surface area contributed by atoms with Gasteiger partial charge in [-0.2, -0.15) is 0 Å². The number of hydrogen-bond acceptors (Lipinski definition) is 6. The lowest BCUT2D eigenvalue weighted by Crippen LogP contribution is -2.39. The minimum absolute atomic E-state index is 0.0101. The van der Waals surface area contributed by atoms with Gasteiger partial charge in [0.1, 0.15) is 11.6 Å². The minimum Gasteiger partial charge on any atom is -0.496 e. The van der Waals surface area contributed by atoms with Gasteiger partial charge in [-0.05, 0) is 62.8 Å². The molecule has 0 bridgehead atoms. The van der Waals surface area contributed by atoms with Crippen LogP contribution in [-0.4, -0.2) is 78.5 Å². The Balaban J connectivity index is 1.65. The zero-order valence-electron chi connectivity index (χ0n) is 23.4. The lowest BCUT2D eigenvalue weighted by Gasteiger charge is -2.32. The number of carbonyl (C=O) groups excluding carboxylic acids is 4. The summed E-state index contributed by atoms with van der Waals surface area (Å²) in [6.45, 7) is 4.45. The van der Waals surface area contributed by atoms with E-state index in [0.29, 0.717) is 19.0 Å². The molecular weight excluding hydrogens is 517 g/mol. The van der Waals surface area contributed by atoms with Gasteiger partial charge in [-0.1, -0.05) is 12.1 Å². The van der Waals surface area contributed by atoms with Gasteiger partial charge in [-0.15, -0.1) is 0 Å². The van der Waals surface area contributed by atoms with Crippen LogP contribution in [0.25, 0.3) is 10.9 Å². The molecule has 1 aliphatic heterocycles. The first kappa shape index (κ1) is 28.8. The summed E-state index contributed by atoms with van der Waals surface area (Å²) in [6.07, 6.45) is 2.51. The molecule has 0 aliphatic carbocycles. The number of carbonyl (C=O) groups is 4. The van der Waals surface area contributed by atoms with Crippen molar-refractivity contribution < 1.29 is 33.0 Å². The number of ketones is 1. The topological polar surface area (TPSA) is 98.1 Å². The second-order valence-corrected chi connectivity index (χ2v) is 10.5. The maximum absolute atomic E-state index is 13.7. The Kier molecular flexibility index (Phi) is 8.56. The summed E-state index contributed by atoms with van der Waals surface area (Å²) < 4.78 is 25.3. The number of halogens is 1. The molecule has 0 spiro atoms. The molecule has 2 heterocycles. The normalized spacial score (nSPS) is 13.9. The molecule has 0 saturated carbocycles. The molecule has 0 atom stereocenters. The van der Waals surface area contributed by atoms with Crippen LogP contribution in [0.1, 0.15) is 53.0 Å². The summed E-state index contributed by atoms with van der Waals surface area (Å²) in [5.41, 5.74) is 1.56. The highest BCUT2D eigenvalue weighted by molar-refractivity contribution is 6.45. The number of ether oxygens (including phenoxy) is 2. The van der Waals surface area contributed by atoms with Crippen molar-refractivity contribution in [1.29, 1.82) is 0 Å². The van der Waals surface area contributed by atoms with Crippen molar-refractivity contribution in [3.05, 3.63) is 65.1 Å². The Bertz CT molecular complexity index is 1440. The molecule has 0 unspecified atom stereocenters. The maximum atomic E-state index is 13.7. The standard InChI is InChI=1S/C30H34FN3O6/c1-18(2)40-30(38)34-17-24(27(35)29(37)32(3)4)22-15-23(26(39-5)16-25(22)34)28(36)33-12-10-20(11-13-33)14-19-6-8-21(31)9-7-19/h6-9,15-18,20H,10-14H2,1-5H3. The van der Waals surface area contributed by atoms with Crippen LogP contribution in [0, 0.1) is 11.7 Å². The number of nitrogens with zero attached hydrogens (tertiary/aromatic N) is 3. The molecule has 0 N–H and O–H groups in total. The first-order valence-corrected chi connectivity index (χ1v) is 13.2. The van der Waals surface area contributed by atoms with E-state index in [4.69, 9.17) is 9.47 Å². The van der Waals surface area contributed by atoms with Crippen LogP contribution in [0.5, 0.6) is 5.75 Å². The summed E-state index contributed by atoms with van der Waals surface area (Å²) >= 11 is 0. The number of rotatable bonds is 7. The third-order valence-electron chi connectivity index (χ3n) is 7.07.